The molecule has 1 aromatic carbocycles. The van der Waals surface area contributed by atoms with Crippen molar-refractivity contribution in [3.63, 3.8) is 0 Å². The number of anilines is 2. The molecular weight excluding hydrogens is 270 g/mol. The van der Waals surface area contributed by atoms with Crippen LogP contribution in [-0.2, 0) is 0 Å². The predicted octanol–water partition coefficient (Wildman–Crippen LogP) is 4.55. The summed E-state index contributed by atoms with van der Waals surface area (Å²) in [4.78, 5) is 1.74. The number of nitrogens with two attached hydrogens (primary N) is 1. The molecule has 4 heteroatoms. The van der Waals surface area contributed by atoms with E-state index >= 15 is 0 Å². The van der Waals surface area contributed by atoms with Crippen LogP contribution in [0.4, 0.5) is 20.2 Å². The van der Waals surface area contributed by atoms with E-state index in [-0.39, 0.29) is 13.0 Å². The Bertz CT molecular complexity index is 496. The maximum Gasteiger partial charge on any atom is 0.265 e. The molecule has 3 rings (SSSR count). The quantitative estimate of drug-likeness (QED) is 0.811. The van der Waals surface area contributed by atoms with Crippen molar-refractivity contribution in [3.05, 3.63) is 23.8 Å². The maximum absolute atomic E-state index is 13.6. The summed E-state index contributed by atoms with van der Waals surface area (Å²) in [6.45, 7) is 0.461. The molecule has 2 fully saturated rings. The molecule has 0 radical (unpaired) electrons. The van der Waals surface area contributed by atoms with Crippen molar-refractivity contribution in [2.45, 2.75) is 56.8 Å². The second kappa shape index (κ2) is 5.82. The molecule has 0 aromatic heterocycles. The van der Waals surface area contributed by atoms with Gasteiger partial charge in [0.15, 0.2) is 0 Å². The Balaban J connectivity index is 1.77. The fraction of sp³-hybridized carbons (Fsp3) is 0.647. The molecule has 2 N–H and O–H groups in total. The van der Waals surface area contributed by atoms with Gasteiger partial charge in [-0.05, 0) is 42.9 Å². The summed E-state index contributed by atoms with van der Waals surface area (Å²) in [5.74, 6) is -2.00. The van der Waals surface area contributed by atoms with Crippen LogP contribution in [0.3, 0.4) is 0 Å². The van der Waals surface area contributed by atoms with E-state index in [0.29, 0.717) is 24.6 Å². The highest BCUT2D eigenvalue weighted by molar-refractivity contribution is 5.69. The van der Waals surface area contributed by atoms with Gasteiger partial charge in [-0.2, -0.15) is 0 Å². The number of benzene rings is 1. The topological polar surface area (TPSA) is 29.3 Å². The van der Waals surface area contributed by atoms with E-state index in [9.17, 15) is 8.78 Å². The molecule has 0 bridgehead atoms. The molecule has 0 spiro atoms. The van der Waals surface area contributed by atoms with Crippen LogP contribution in [0.2, 0.25) is 0 Å². The third-order valence-electron chi connectivity index (χ3n) is 4.86. The normalized spacial score (nSPS) is 23.2. The molecule has 1 saturated heterocycles. The van der Waals surface area contributed by atoms with Crippen molar-refractivity contribution in [2.24, 2.45) is 0 Å². The van der Waals surface area contributed by atoms with Gasteiger partial charge < -0.3 is 10.6 Å². The van der Waals surface area contributed by atoms with Crippen LogP contribution in [0.25, 0.3) is 0 Å². The Morgan fingerprint density at radius 1 is 1.10 bits per heavy atom. The number of nitrogens with zero attached hydrogens (tertiary/aromatic N) is 1. The molecule has 1 aliphatic carbocycles. The zero-order valence-corrected chi connectivity index (χ0v) is 12.5. The number of halogens is 2. The van der Waals surface area contributed by atoms with Crippen molar-refractivity contribution in [2.75, 3.05) is 23.7 Å². The van der Waals surface area contributed by atoms with Gasteiger partial charge >= 0.3 is 0 Å². The van der Waals surface area contributed by atoms with E-state index in [1.54, 1.807) is 4.90 Å². The summed E-state index contributed by atoms with van der Waals surface area (Å²) in [7, 11) is 0. The molecule has 1 heterocycles. The van der Waals surface area contributed by atoms with Crippen LogP contribution in [0, 0.1) is 0 Å². The summed E-state index contributed by atoms with van der Waals surface area (Å²) in [5, 5.41) is 0. The van der Waals surface area contributed by atoms with Gasteiger partial charge in [0.2, 0.25) is 0 Å². The van der Waals surface area contributed by atoms with E-state index in [2.05, 4.69) is 6.07 Å². The van der Waals surface area contributed by atoms with Gasteiger partial charge in [-0.15, -0.1) is 0 Å². The average Bonchev–Trinajstić information content (AvgIpc) is 2.47. The van der Waals surface area contributed by atoms with Crippen molar-refractivity contribution in [1.82, 2.24) is 0 Å². The monoisotopic (exact) mass is 294 g/mol. The molecule has 1 aliphatic heterocycles. The van der Waals surface area contributed by atoms with Gasteiger partial charge in [0, 0.05) is 13.0 Å². The van der Waals surface area contributed by atoms with Crippen LogP contribution in [0.15, 0.2) is 18.2 Å². The highest BCUT2D eigenvalue weighted by Crippen LogP contribution is 2.37. The second-order valence-electron chi connectivity index (χ2n) is 6.53. The fourth-order valence-electron chi connectivity index (χ4n) is 3.72. The molecule has 21 heavy (non-hydrogen) atoms. The van der Waals surface area contributed by atoms with Gasteiger partial charge in [0.1, 0.15) is 0 Å². The first kappa shape index (κ1) is 14.6. The minimum Gasteiger partial charge on any atom is -0.397 e. The minimum absolute atomic E-state index is 0.0104. The van der Waals surface area contributed by atoms with Gasteiger partial charge in [-0.1, -0.05) is 25.3 Å². The van der Waals surface area contributed by atoms with E-state index < -0.39 is 5.92 Å². The molecule has 116 valence electrons. The largest absolute Gasteiger partial charge is 0.397 e. The number of nitrogen functional groups attached to an aromatic ring is 1. The predicted molar refractivity (Wildman–Crippen MR) is 83.1 cm³/mol. The van der Waals surface area contributed by atoms with Gasteiger partial charge in [0.25, 0.3) is 5.92 Å². The third-order valence-corrected chi connectivity index (χ3v) is 4.86. The first-order valence-corrected chi connectivity index (χ1v) is 8.07. The molecule has 2 nitrogen and oxygen atoms in total. The van der Waals surface area contributed by atoms with Gasteiger partial charge in [0.05, 0.1) is 17.9 Å². The third kappa shape index (κ3) is 3.30. The lowest BCUT2D eigenvalue weighted by atomic mass is 9.84. The van der Waals surface area contributed by atoms with E-state index in [1.807, 2.05) is 12.1 Å². The lowest BCUT2D eigenvalue weighted by molar-refractivity contribution is -0.0116. The smallest absolute Gasteiger partial charge is 0.265 e. The van der Waals surface area contributed by atoms with Crippen LogP contribution in [0.5, 0.6) is 0 Å². The number of alkyl halides is 2. The van der Waals surface area contributed by atoms with E-state index in [1.165, 1.54) is 37.7 Å². The number of piperidine rings is 1. The number of hydrogen-bond donors (Lipinski definition) is 1. The van der Waals surface area contributed by atoms with Crippen molar-refractivity contribution < 1.29 is 8.78 Å². The van der Waals surface area contributed by atoms with Crippen molar-refractivity contribution in [3.8, 4) is 0 Å². The Hall–Kier alpha value is -1.32. The van der Waals surface area contributed by atoms with Gasteiger partial charge in [-0.3, -0.25) is 0 Å². The summed E-state index contributed by atoms with van der Waals surface area (Å²) >= 11 is 0. The SMILES string of the molecule is Nc1cc(C2CCCCC2)ccc1N1CCCC(F)(F)C1. The first-order chi connectivity index (χ1) is 10.1. The highest BCUT2D eigenvalue weighted by atomic mass is 19.3. The molecular formula is C17H24F2N2. The fourth-order valence-corrected chi connectivity index (χ4v) is 3.72. The first-order valence-electron chi connectivity index (χ1n) is 8.07. The van der Waals surface area contributed by atoms with Crippen molar-refractivity contribution >= 4 is 11.4 Å². The minimum atomic E-state index is -2.59. The van der Waals surface area contributed by atoms with Crippen LogP contribution in [-0.4, -0.2) is 19.0 Å². The average molecular weight is 294 g/mol. The van der Waals surface area contributed by atoms with Crippen LogP contribution >= 0.6 is 0 Å². The zero-order valence-electron chi connectivity index (χ0n) is 12.5. The highest BCUT2D eigenvalue weighted by Gasteiger charge is 2.35. The second-order valence-corrected chi connectivity index (χ2v) is 6.53. The number of hydrogen-bond acceptors (Lipinski definition) is 2. The lowest BCUT2D eigenvalue weighted by Gasteiger charge is -2.35. The standard InChI is InChI=1S/C17H24F2N2/c18-17(19)9-4-10-21(12-17)16-8-7-14(11-15(16)20)13-5-2-1-3-6-13/h7-8,11,13H,1-6,9-10,12,20H2. The zero-order chi connectivity index (χ0) is 14.9. The number of rotatable bonds is 2. The van der Waals surface area contributed by atoms with Crippen LogP contribution < -0.4 is 10.6 Å². The van der Waals surface area contributed by atoms with Gasteiger partial charge in [-0.25, -0.2) is 8.78 Å². The lowest BCUT2D eigenvalue weighted by Crippen LogP contribution is -2.42. The molecule has 0 atom stereocenters. The van der Waals surface area contributed by atoms with Crippen molar-refractivity contribution in [1.29, 1.82) is 0 Å². The Labute approximate surface area is 125 Å². The Morgan fingerprint density at radius 3 is 2.52 bits per heavy atom. The summed E-state index contributed by atoms with van der Waals surface area (Å²) in [6.07, 6.45) is 6.85. The molecule has 0 amide bonds. The van der Waals surface area contributed by atoms with E-state index in [4.69, 9.17) is 5.73 Å². The summed E-state index contributed by atoms with van der Waals surface area (Å²) in [5.41, 5.74) is 8.86. The Kier molecular flexibility index (Phi) is 4.05. The Morgan fingerprint density at radius 2 is 1.86 bits per heavy atom. The van der Waals surface area contributed by atoms with Crippen LogP contribution in [0.1, 0.15) is 56.4 Å². The molecule has 2 aliphatic rings. The summed E-state index contributed by atoms with van der Waals surface area (Å²) in [6, 6.07) is 6.05. The molecule has 0 unspecified atom stereocenters. The van der Waals surface area contributed by atoms with E-state index in [0.717, 1.165) is 5.69 Å². The maximum atomic E-state index is 13.6. The summed E-state index contributed by atoms with van der Waals surface area (Å²) < 4.78 is 27.1. The molecule has 1 saturated carbocycles. The molecule has 1 aromatic rings.